The Labute approximate surface area is 147 Å². The van der Waals surface area contributed by atoms with Gasteiger partial charge in [-0.2, -0.15) is 5.10 Å². The van der Waals surface area contributed by atoms with E-state index < -0.39 is 0 Å². The molecule has 1 saturated heterocycles. The molecule has 2 aromatic rings. The Morgan fingerprint density at radius 1 is 1.32 bits per heavy atom. The monoisotopic (exact) mass is 345 g/mol. The second-order valence-electron chi connectivity index (χ2n) is 6.56. The largest absolute Gasteiger partial charge is 0.335 e. The number of amides is 1. The smallest absolute Gasteiger partial charge is 0.224 e. The fourth-order valence-corrected chi connectivity index (χ4v) is 3.24. The molecule has 0 atom stereocenters. The lowest BCUT2D eigenvalue weighted by Gasteiger charge is -2.37. The minimum atomic E-state index is -0.260. The third kappa shape index (κ3) is 4.63. The van der Waals surface area contributed by atoms with Crippen molar-refractivity contribution in [2.45, 2.75) is 38.4 Å². The van der Waals surface area contributed by atoms with Crippen LogP contribution in [0.4, 0.5) is 4.39 Å². The van der Waals surface area contributed by atoms with Gasteiger partial charge in [-0.3, -0.25) is 9.48 Å². The number of piperidine rings is 1. The number of halogens is 1. The van der Waals surface area contributed by atoms with Crippen LogP contribution in [0.5, 0.6) is 0 Å². The molecule has 2 heterocycles. The summed E-state index contributed by atoms with van der Waals surface area (Å²) in [6, 6.07) is 6.83. The van der Waals surface area contributed by atoms with Crippen LogP contribution in [0.1, 0.15) is 24.8 Å². The maximum Gasteiger partial charge on any atom is 0.224 e. The van der Waals surface area contributed by atoms with Gasteiger partial charge in [0.1, 0.15) is 18.5 Å². The zero-order chi connectivity index (χ0) is 17.6. The summed E-state index contributed by atoms with van der Waals surface area (Å²) in [6.45, 7) is 2.71. The van der Waals surface area contributed by atoms with Crippen molar-refractivity contribution in [1.82, 2.24) is 24.6 Å². The SMILES string of the molecule is CN1CCC(N(Cc2ccccc2F)C(=O)CCn2cncn2)CC1. The quantitative estimate of drug-likeness (QED) is 0.803. The molecule has 0 aliphatic carbocycles. The second kappa shape index (κ2) is 8.20. The summed E-state index contributed by atoms with van der Waals surface area (Å²) in [6.07, 6.45) is 5.23. The topological polar surface area (TPSA) is 54.3 Å². The van der Waals surface area contributed by atoms with Crippen LogP contribution in [0.3, 0.4) is 0 Å². The Hall–Kier alpha value is -2.28. The Morgan fingerprint density at radius 3 is 2.76 bits per heavy atom. The molecule has 0 radical (unpaired) electrons. The number of aryl methyl sites for hydroxylation is 1. The van der Waals surface area contributed by atoms with E-state index in [-0.39, 0.29) is 17.8 Å². The van der Waals surface area contributed by atoms with E-state index in [1.165, 1.54) is 12.4 Å². The molecular weight excluding hydrogens is 321 g/mol. The van der Waals surface area contributed by atoms with Crippen LogP contribution in [0.15, 0.2) is 36.9 Å². The maximum atomic E-state index is 14.1. The van der Waals surface area contributed by atoms with Gasteiger partial charge in [0, 0.05) is 24.6 Å². The van der Waals surface area contributed by atoms with Crippen molar-refractivity contribution >= 4 is 5.91 Å². The second-order valence-corrected chi connectivity index (χ2v) is 6.56. The highest BCUT2D eigenvalue weighted by Crippen LogP contribution is 2.20. The van der Waals surface area contributed by atoms with Gasteiger partial charge in [0.2, 0.25) is 5.91 Å². The normalized spacial score (nSPS) is 16.1. The molecule has 1 aliphatic rings. The van der Waals surface area contributed by atoms with Crippen LogP contribution in [0.2, 0.25) is 0 Å². The van der Waals surface area contributed by atoms with Crippen molar-refractivity contribution in [3.8, 4) is 0 Å². The molecule has 7 heteroatoms. The molecule has 25 heavy (non-hydrogen) atoms. The first-order valence-electron chi connectivity index (χ1n) is 8.67. The Morgan fingerprint density at radius 2 is 2.08 bits per heavy atom. The van der Waals surface area contributed by atoms with Crippen LogP contribution < -0.4 is 0 Å². The van der Waals surface area contributed by atoms with Crippen LogP contribution in [-0.4, -0.2) is 56.7 Å². The van der Waals surface area contributed by atoms with E-state index in [1.54, 1.807) is 23.1 Å². The summed E-state index contributed by atoms with van der Waals surface area (Å²) in [7, 11) is 2.09. The summed E-state index contributed by atoms with van der Waals surface area (Å²) in [5, 5.41) is 4.04. The van der Waals surface area contributed by atoms with Gasteiger partial charge in [-0.1, -0.05) is 18.2 Å². The Kier molecular flexibility index (Phi) is 5.75. The van der Waals surface area contributed by atoms with Gasteiger partial charge in [-0.25, -0.2) is 9.37 Å². The van der Waals surface area contributed by atoms with Crippen LogP contribution in [0, 0.1) is 5.82 Å². The van der Waals surface area contributed by atoms with Crippen molar-refractivity contribution in [2.75, 3.05) is 20.1 Å². The minimum Gasteiger partial charge on any atom is -0.335 e. The number of carbonyl (C=O) groups is 1. The molecule has 6 nitrogen and oxygen atoms in total. The Balaban J connectivity index is 1.71. The third-order valence-electron chi connectivity index (χ3n) is 4.77. The van der Waals surface area contributed by atoms with Crippen molar-refractivity contribution in [3.05, 3.63) is 48.3 Å². The lowest BCUT2D eigenvalue weighted by Crippen LogP contribution is -2.46. The first kappa shape index (κ1) is 17.5. The number of hydrogen-bond acceptors (Lipinski definition) is 4. The molecule has 0 spiro atoms. The van der Waals surface area contributed by atoms with E-state index in [9.17, 15) is 9.18 Å². The van der Waals surface area contributed by atoms with Gasteiger partial charge in [-0.15, -0.1) is 0 Å². The number of aromatic nitrogens is 3. The molecule has 1 fully saturated rings. The summed E-state index contributed by atoms with van der Waals surface area (Å²) in [4.78, 5) is 20.9. The highest BCUT2D eigenvalue weighted by atomic mass is 19.1. The van der Waals surface area contributed by atoms with E-state index in [0.717, 1.165) is 25.9 Å². The van der Waals surface area contributed by atoms with Crippen molar-refractivity contribution in [1.29, 1.82) is 0 Å². The fraction of sp³-hybridized carbons (Fsp3) is 0.500. The number of benzene rings is 1. The number of likely N-dealkylation sites (tertiary alicyclic amines) is 1. The number of rotatable bonds is 6. The van der Waals surface area contributed by atoms with Gasteiger partial charge in [0.25, 0.3) is 0 Å². The van der Waals surface area contributed by atoms with E-state index in [4.69, 9.17) is 0 Å². The summed E-state index contributed by atoms with van der Waals surface area (Å²) in [5.74, 6) is -0.224. The first-order valence-corrected chi connectivity index (χ1v) is 8.67. The van der Waals surface area contributed by atoms with Crippen LogP contribution in [-0.2, 0) is 17.9 Å². The molecule has 0 bridgehead atoms. The summed E-state index contributed by atoms with van der Waals surface area (Å²) < 4.78 is 15.7. The van der Waals surface area contributed by atoms with Gasteiger partial charge in [0.05, 0.1) is 6.54 Å². The van der Waals surface area contributed by atoms with Crippen molar-refractivity contribution in [3.63, 3.8) is 0 Å². The molecular formula is C18H24FN5O. The van der Waals surface area contributed by atoms with Crippen molar-refractivity contribution < 1.29 is 9.18 Å². The zero-order valence-electron chi connectivity index (χ0n) is 14.5. The molecule has 3 rings (SSSR count). The maximum absolute atomic E-state index is 14.1. The molecule has 1 aromatic heterocycles. The molecule has 1 aromatic carbocycles. The highest BCUT2D eigenvalue weighted by molar-refractivity contribution is 5.76. The molecule has 0 N–H and O–H groups in total. The lowest BCUT2D eigenvalue weighted by atomic mass is 10.0. The van der Waals surface area contributed by atoms with Crippen molar-refractivity contribution in [2.24, 2.45) is 0 Å². The lowest BCUT2D eigenvalue weighted by molar-refractivity contribution is -0.135. The summed E-state index contributed by atoms with van der Waals surface area (Å²) >= 11 is 0. The predicted octanol–water partition coefficient (Wildman–Crippen LogP) is 1.93. The van der Waals surface area contributed by atoms with Gasteiger partial charge in [-0.05, 0) is 39.0 Å². The number of hydrogen-bond donors (Lipinski definition) is 0. The molecule has 134 valence electrons. The zero-order valence-corrected chi connectivity index (χ0v) is 14.5. The van der Waals surface area contributed by atoms with E-state index in [0.29, 0.717) is 25.1 Å². The van der Waals surface area contributed by atoms with E-state index in [2.05, 4.69) is 22.0 Å². The average molecular weight is 345 g/mol. The van der Waals surface area contributed by atoms with Gasteiger partial charge in [0.15, 0.2) is 0 Å². The molecule has 0 saturated carbocycles. The molecule has 1 amide bonds. The van der Waals surface area contributed by atoms with Crippen LogP contribution in [0.25, 0.3) is 0 Å². The molecule has 1 aliphatic heterocycles. The number of nitrogens with zero attached hydrogens (tertiary/aromatic N) is 5. The van der Waals surface area contributed by atoms with E-state index in [1.807, 2.05) is 11.0 Å². The third-order valence-corrected chi connectivity index (χ3v) is 4.77. The summed E-state index contributed by atoms with van der Waals surface area (Å²) in [5.41, 5.74) is 0.565. The first-order chi connectivity index (χ1) is 12.1. The molecule has 0 unspecified atom stereocenters. The van der Waals surface area contributed by atoms with Gasteiger partial charge >= 0.3 is 0 Å². The van der Waals surface area contributed by atoms with E-state index >= 15 is 0 Å². The van der Waals surface area contributed by atoms with Gasteiger partial charge < -0.3 is 9.80 Å². The predicted molar refractivity (Wildman–Crippen MR) is 92.1 cm³/mol. The highest BCUT2D eigenvalue weighted by Gasteiger charge is 2.27. The Bertz CT molecular complexity index is 683. The number of carbonyl (C=O) groups excluding carboxylic acids is 1. The standard InChI is InChI=1S/C18H24FN5O/c1-22-9-6-16(7-10-22)24(12-15-4-2-3-5-17(15)19)18(25)8-11-23-14-20-13-21-23/h2-5,13-14,16H,6-12H2,1H3. The minimum absolute atomic E-state index is 0.0355. The van der Waals surface area contributed by atoms with Crippen LogP contribution >= 0.6 is 0 Å². The average Bonchev–Trinajstić information content (AvgIpc) is 3.13. The fourth-order valence-electron chi connectivity index (χ4n) is 3.24.